The van der Waals surface area contributed by atoms with Crippen LogP contribution in [0.5, 0.6) is 0 Å². The molecule has 2 aromatic carbocycles. The molecular formula is C18H16Cl4O4Ru2. The molecule has 156 valence electrons. The van der Waals surface area contributed by atoms with E-state index in [0.29, 0.717) is 12.2 Å². The van der Waals surface area contributed by atoms with E-state index in [0.717, 1.165) is 0 Å². The third-order valence-electron chi connectivity index (χ3n) is 2.88. The molecule has 0 spiro atoms. The van der Waals surface area contributed by atoms with E-state index in [2.05, 4.69) is 0 Å². The standard InChI is InChI=1S/C9H6Cl4O2.C9H10O2.2Ru/c1-2-15-9(14)4-3-5(10)7(12)8(13)6(4)11;1-2-11-9(10)8-6-4-3-5-7-8;;/h3H,2H2,1H3;3-7H,2H2,1H3;;. The first-order valence-electron chi connectivity index (χ1n) is 7.55. The molecule has 0 atom stereocenters. The van der Waals surface area contributed by atoms with Crippen LogP contribution >= 0.6 is 46.4 Å². The fourth-order valence-corrected chi connectivity index (χ4v) is 2.60. The van der Waals surface area contributed by atoms with Gasteiger partial charge in [-0.15, -0.1) is 0 Å². The van der Waals surface area contributed by atoms with E-state index in [1.165, 1.54) is 6.07 Å². The monoisotopic (exact) mass is 640 g/mol. The first-order chi connectivity index (χ1) is 12.3. The molecular weight excluding hydrogens is 624 g/mol. The van der Waals surface area contributed by atoms with Gasteiger partial charge in [0.25, 0.3) is 0 Å². The van der Waals surface area contributed by atoms with Crippen molar-refractivity contribution < 1.29 is 58.0 Å². The van der Waals surface area contributed by atoms with Crippen molar-refractivity contribution >= 4 is 58.3 Å². The number of benzene rings is 2. The Labute approximate surface area is 209 Å². The molecule has 0 aromatic heterocycles. The van der Waals surface area contributed by atoms with E-state index in [1.54, 1.807) is 26.0 Å². The summed E-state index contributed by atoms with van der Waals surface area (Å²) in [5.41, 5.74) is 0.715. The average molecular weight is 640 g/mol. The molecule has 28 heavy (non-hydrogen) atoms. The van der Waals surface area contributed by atoms with Crippen LogP contribution in [0, 0.1) is 0 Å². The Morgan fingerprint density at radius 2 is 1.29 bits per heavy atom. The zero-order valence-electron chi connectivity index (χ0n) is 14.7. The third-order valence-corrected chi connectivity index (χ3v) is 4.63. The van der Waals surface area contributed by atoms with Gasteiger partial charge in [-0.25, -0.2) is 9.59 Å². The fourth-order valence-electron chi connectivity index (χ4n) is 1.72. The Hall–Kier alpha value is -0.213. The molecule has 0 saturated carbocycles. The van der Waals surface area contributed by atoms with Gasteiger partial charge in [0, 0.05) is 39.0 Å². The van der Waals surface area contributed by atoms with Crippen molar-refractivity contribution in [1.29, 1.82) is 0 Å². The van der Waals surface area contributed by atoms with Crippen LogP contribution in [0.3, 0.4) is 0 Å². The van der Waals surface area contributed by atoms with Crippen molar-refractivity contribution in [3.8, 4) is 0 Å². The number of hydrogen-bond donors (Lipinski definition) is 0. The molecule has 0 aliphatic rings. The molecule has 0 fully saturated rings. The van der Waals surface area contributed by atoms with Crippen molar-refractivity contribution in [2.24, 2.45) is 0 Å². The van der Waals surface area contributed by atoms with Crippen LogP contribution in [0.1, 0.15) is 34.6 Å². The summed E-state index contributed by atoms with van der Waals surface area (Å²) < 4.78 is 9.56. The number of hydrogen-bond acceptors (Lipinski definition) is 4. The molecule has 10 heteroatoms. The molecule has 0 aliphatic carbocycles. The van der Waals surface area contributed by atoms with Crippen molar-refractivity contribution in [1.82, 2.24) is 0 Å². The first kappa shape index (κ1) is 30.0. The topological polar surface area (TPSA) is 52.6 Å². The molecule has 0 bridgehead atoms. The van der Waals surface area contributed by atoms with E-state index < -0.39 is 5.97 Å². The second-order valence-corrected chi connectivity index (χ2v) is 6.20. The predicted molar refractivity (Wildman–Crippen MR) is 105 cm³/mol. The minimum Gasteiger partial charge on any atom is -0.462 e. The van der Waals surface area contributed by atoms with E-state index >= 15 is 0 Å². The zero-order valence-corrected chi connectivity index (χ0v) is 21.2. The summed E-state index contributed by atoms with van der Waals surface area (Å²) in [6.07, 6.45) is 0. The first-order valence-corrected chi connectivity index (χ1v) is 9.06. The summed E-state index contributed by atoms with van der Waals surface area (Å²) in [6.45, 7) is 4.15. The largest absolute Gasteiger partial charge is 0.462 e. The molecule has 4 nitrogen and oxygen atoms in total. The second-order valence-electron chi connectivity index (χ2n) is 4.65. The van der Waals surface area contributed by atoms with Gasteiger partial charge in [0.2, 0.25) is 0 Å². The molecule has 0 aliphatic heterocycles. The normalized spacial score (nSPS) is 9.07. The van der Waals surface area contributed by atoms with Crippen LogP contribution in [0.2, 0.25) is 20.1 Å². The molecule has 0 saturated heterocycles. The molecule has 0 amide bonds. The molecule has 0 heterocycles. The third kappa shape index (κ3) is 9.07. The van der Waals surface area contributed by atoms with Crippen molar-refractivity contribution in [2.75, 3.05) is 13.2 Å². The maximum absolute atomic E-state index is 11.4. The Morgan fingerprint density at radius 3 is 1.79 bits per heavy atom. The predicted octanol–water partition coefficient (Wildman–Crippen LogP) is 6.34. The van der Waals surface area contributed by atoms with E-state index in [1.807, 2.05) is 18.2 Å². The summed E-state index contributed by atoms with van der Waals surface area (Å²) in [5, 5.41) is 0.379. The van der Waals surface area contributed by atoms with Crippen LogP contribution in [-0.4, -0.2) is 25.2 Å². The number of carbonyl (C=O) groups excluding carboxylic acids is 2. The van der Waals surface area contributed by atoms with Crippen LogP contribution < -0.4 is 0 Å². The smallest absolute Gasteiger partial charge is 0.339 e. The van der Waals surface area contributed by atoms with Gasteiger partial charge in [-0.05, 0) is 32.0 Å². The summed E-state index contributed by atoms with van der Waals surface area (Å²) in [5.74, 6) is -0.837. The van der Waals surface area contributed by atoms with Gasteiger partial charge >= 0.3 is 11.9 Å². The van der Waals surface area contributed by atoms with Gasteiger partial charge in [0.15, 0.2) is 0 Å². The summed E-state index contributed by atoms with van der Waals surface area (Å²) in [7, 11) is 0. The van der Waals surface area contributed by atoms with Crippen molar-refractivity contribution in [3.05, 3.63) is 67.6 Å². The number of rotatable bonds is 4. The van der Waals surface area contributed by atoms with Gasteiger partial charge in [-0.3, -0.25) is 0 Å². The Balaban J connectivity index is 0. The minimum atomic E-state index is -0.581. The van der Waals surface area contributed by atoms with Crippen molar-refractivity contribution in [2.45, 2.75) is 13.8 Å². The number of esters is 2. The molecule has 0 radical (unpaired) electrons. The van der Waals surface area contributed by atoms with Gasteiger partial charge < -0.3 is 9.47 Å². The average Bonchev–Trinajstić information content (AvgIpc) is 2.64. The Morgan fingerprint density at radius 1 is 0.786 bits per heavy atom. The second kappa shape index (κ2) is 15.6. The van der Waals surface area contributed by atoms with Gasteiger partial charge in [-0.1, -0.05) is 64.6 Å². The Bertz CT molecular complexity index is 774. The van der Waals surface area contributed by atoms with Crippen LogP contribution in [0.25, 0.3) is 0 Å². The number of ether oxygens (including phenoxy) is 2. The zero-order chi connectivity index (χ0) is 19.7. The van der Waals surface area contributed by atoms with Crippen molar-refractivity contribution in [3.63, 3.8) is 0 Å². The molecule has 0 unspecified atom stereocenters. The van der Waals surface area contributed by atoms with Crippen LogP contribution in [0.15, 0.2) is 36.4 Å². The van der Waals surface area contributed by atoms with Crippen LogP contribution in [-0.2, 0) is 48.4 Å². The Kier molecular flexibility index (Phi) is 16.7. The minimum absolute atomic E-state index is 0. The molecule has 2 aromatic rings. The molecule has 2 rings (SSSR count). The molecule has 0 N–H and O–H groups in total. The fraction of sp³-hybridized carbons (Fsp3) is 0.222. The quantitative estimate of drug-likeness (QED) is 0.170. The van der Waals surface area contributed by atoms with E-state index in [-0.39, 0.29) is 77.2 Å². The number of carbonyl (C=O) groups is 2. The number of halogens is 4. The summed E-state index contributed by atoms with van der Waals surface area (Å²) >= 11 is 23.1. The van der Waals surface area contributed by atoms with Gasteiger partial charge in [-0.2, -0.15) is 0 Å². The van der Waals surface area contributed by atoms with E-state index in [4.69, 9.17) is 55.9 Å². The van der Waals surface area contributed by atoms with Gasteiger partial charge in [0.1, 0.15) is 0 Å². The summed E-state index contributed by atoms with van der Waals surface area (Å²) in [6, 6.07) is 10.3. The SMILES string of the molecule is CCOC(=O)c1cc(Cl)c(Cl)c(Cl)c1Cl.CCOC(=O)c1ccccc1.[Ru].[Ru]. The maximum Gasteiger partial charge on any atom is 0.339 e. The maximum atomic E-state index is 11.4. The van der Waals surface area contributed by atoms with E-state index in [9.17, 15) is 9.59 Å². The van der Waals surface area contributed by atoms with Crippen LogP contribution in [0.4, 0.5) is 0 Å². The van der Waals surface area contributed by atoms with Gasteiger partial charge in [0.05, 0.1) is 44.4 Å². The summed E-state index contributed by atoms with van der Waals surface area (Å²) in [4.78, 5) is 22.4.